The minimum atomic E-state index is 0.307. The van der Waals surface area contributed by atoms with Crippen LogP contribution in [-0.2, 0) is 0 Å². The first-order chi connectivity index (χ1) is 7.83. The van der Waals surface area contributed by atoms with Gasteiger partial charge in [0.2, 0.25) is 0 Å². The van der Waals surface area contributed by atoms with Gasteiger partial charge in [0.05, 0.1) is 24.8 Å². The molecule has 3 nitrogen and oxygen atoms in total. The Kier molecular flexibility index (Phi) is 3.31. The first kappa shape index (κ1) is 10.8. The van der Waals surface area contributed by atoms with Gasteiger partial charge in [-0.2, -0.15) is 5.26 Å². The average Bonchev–Trinajstić information content (AvgIpc) is 2.82. The van der Waals surface area contributed by atoms with Crippen molar-refractivity contribution >= 4 is 0 Å². The third-order valence-electron chi connectivity index (χ3n) is 2.89. The molecule has 0 saturated heterocycles. The molecule has 1 fully saturated rings. The van der Waals surface area contributed by atoms with Crippen LogP contribution < -0.4 is 9.47 Å². The zero-order valence-corrected chi connectivity index (χ0v) is 9.40. The van der Waals surface area contributed by atoms with Gasteiger partial charge in [-0.05, 0) is 37.8 Å². The average molecular weight is 217 g/mol. The van der Waals surface area contributed by atoms with Crippen molar-refractivity contribution in [3.63, 3.8) is 0 Å². The summed E-state index contributed by atoms with van der Waals surface area (Å²) < 4.78 is 11.1. The normalized spacial score (nSPS) is 15.8. The molecule has 0 heterocycles. The maximum atomic E-state index is 8.79. The Morgan fingerprint density at radius 2 is 2.00 bits per heavy atom. The maximum absolute atomic E-state index is 8.79. The number of hydrogen-bond acceptors (Lipinski definition) is 3. The molecule has 1 aromatic rings. The molecule has 0 spiro atoms. The molecule has 0 aromatic heterocycles. The summed E-state index contributed by atoms with van der Waals surface area (Å²) in [6.45, 7) is 0. The van der Waals surface area contributed by atoms with Gasteiger partial charge in [0.15, 0.2) is 11.5 Å². The summed E-state index contributed by atoms with van der Waals surface area (Å²) in [5.74, 6) is 1.39. The van der Waals surface area contributed by atoms with E-state index in [1.165, 1.54) is 12.8 Å². The molecule has 0 atom stereocenters. The van der Waals surface area contributed by atoms with Crippen molar-refractivity contribution in [2.75, 3.05) is 7.11 Å². The van der Waals surface area contributed by atoms with E-state index < -0.39 is 0 Å². The SMILES string of the molecule is COc1cc(C#N)ccc1OC1CCCC1. The van der Waals surface area contributed by atoms with E-state index in [9.17, 15) is 0 Å². The Morgan fingerprint density at radius 3 is 2.62 bits per heavy atom. The Bertz CT molecular complexity index is 403. The van der Waals surface area contributed by atoms with Crippen LogP contribution in [0.25, 0.3) is 0 Å². The number of hydrogen-bond donors (Lipinski definition) is 0. The quantitative estimate of drug-likeness (QED) is 0.781. The van der Waals surface area contributed by atoms with Gasteiger partial charge in [0.1, 0.15) is 0 Å². The van der Waals surface area contributed by atoms with E-state index >= 15 is 0 Å². The maximum Gasteiger partial charge on any atom is 0.162 e. The van der Waals surface area contributed by atoms with Gasteiger partial charge in [-0.15, -0.1) is 0 Å². The molecule has 0 N–H and O–H groups in total. The van der Waals surface area contributed by atoms with Crippen molar-refractivity contribution in [1.29, 1.82) is 5.26 Å². The van der Waals surface area contributed by atoms with Crippen LogP contribution in [0, 0.1) is 11.3 Å². The predicted octanol–water partition coefficient (Wildman–Crippen LogP) is 2.89. The molecular formula is C13H15NO2. The minimum Gasteiger partial charge on any atom is -0.493 e. The molecule has 0 aliphatic heterocycles. The van der Waals surface area contributed by atoms with Crippen molar-refractivity contribution in [1.82, 2.24) is 0 Å². The first-order valence-electron chi connectivity index (χ1n) is 5.58. The van der Waals surface area contributed by atoms with Crippen LogP contribution in [0.4, 0.5) is 0 Å². The van der Waals surface area contributed by atoms with Gasteiger partial charge in [-0.1, -0.05) is 0 Å². The van der Waals surface area contributed by atoms with Crippen LogP contribution in [0.1, 0.15) is 31.2 Å². The van der Waals surface area contributed by atoms with Crippen LogP contribution in [-0.4, -0.2) is 13.2 Å². The number of ether oxygens (including phenoxy) is 2. The lowest BCUT2D eigenvalue weighted by atomic mass is 10.2. The molecule has 0 unspecified atom stereocenters. The molecule has 1 aromatic carbocycles. The van der Waals surface area contributed by atoms with E-state index in [0.29, 0.717) is 17.4 Å². The topological polar surface area (TPSA) is 42.2 Å². The van der Waals surface area contributed by atoms with Crippen LogP contribution in [0.2, 0.25) is 0 Å². The number of benzene rings is 1. The highest BCUT2D eigenvalue weighted by molar-refractivity contribution is 5.46. The highest BCUT2D eigenvalue weighted by atomic mass is 16.5. The van der Waals surface area contributed by atoms with E-state index in [1.54, 1.807) is 19.2 Å². The Morgan fingerprint density at radius 1 is 1.25 bits per heavy atom. The lowest BCUT2D eigenvalue weighted by Gasteiger charge is -2.15. The molecule has 2 rings (SSSR count). The van der Waals surface area contributed by atoms with Crippen molar-refractivity contribution < 1.29 is 9.47 Å². The minimum absolute atomic E-state index is 0.307. The molecule has 0 bridgehead atoms. The van der Waals surface area contributed by atoms with Gasteiger partial charge >= 0.3 is 0 Å². The second-order valence-electron chi connectivity index (χ2n) is 4.00. The molecule has 16 heavy (non-hydrogen) atoms. The fourth-order valence-electron chi connectivity index (χ4n) is 2.02. The summed E-state index contributed by atoms with van der Waals surface area (Å²) in [5.41, 5.74) is 0.593. The first-order valence-corrected chi connectivity index (χ1v) is 5.58. The van der Waals surface area contributed by atoms with E-state index in [-0.39, 0.29) is 0 Å². The highest BCUT2D eigenvalue weighted by Gasteiger charge is 2.18. The predicted molar refractivity (Wildman–Crippen MR) is 60.6 cm³/mol. The fraction of sp³-hybridized carbons (Fsp3) is 0.462. The van der Waals surface area contributed by atoms with Gasteiger partial charge in [-0.25, -0.2) is 0 Å². The van der Waals surface area contributed by atoms with Crippen molar-refractivity contribution in [3.05, 3.63) is 23.8 Å². The number of nitriles is 1. The zero-order chi connectivity index (χ0) is 11.4. The molecule has 84 valence electrons. The fourth-order valence-corrected chi connectivity index (χ4v) is 2.02. The second kappa shape index (κ2) is 4.89. The summed E-state index contributed by atoms with van der Waals surface area (Å²) in [6.07, 6.45) is 5.01. The summed E-state index contributed by atoms with van der Waals surface area (Å²) in [5, 5.41) is 8.79. The van der Waals surface area contributed by atoms with Gasteiger partial charge in [0.25, 0.3) is 0 Å². The summed E-state index contributed by atoms with van der Waals surface area (Å²) in [6, 6.07) is 7.37. The number of rotatable bonds is 3. The lowest BCUT2D eigenvalue weighted by molar-refractivity contribution is 0.201. The second-order valence-corrected chi connectivity index (χ2v) is 4.00. The van der Waals surface area contributed by atoms with E-state index in [0.717, 1.165) is 18.6 Å². The molecule has 3 heteroatoms. The van der Waals surface area contributed by atoms with Crippen molar-refractivity contribution in [2.24, 2.45) is 0 Å². The van der Waals surface area contributed by atoms with Crippen molar-refractivity contribution in [2.45, 2.75) is 31.8 Å². The molecule has 0 radical (unpaired) electrons. The van der Waals surface area contributed by atoms with Gasteiger partial charge in [0, 0.05) is 6.07 Å². The van der Waals surface area contributed by atoms with Gasteiger partial charge in [-0.3, -0.25) is 0 Å². The molecule has 1 aliphatic rings. The van der Waals surface area contributed by atoms with Crippen LogP contribution >= 0.6 is 0 Å². The van der Waals surface area contributed by atoms with E-state index in [1.807, 2.05) is 6.07 Å². The largest absolute Gasteiger partial charge is 0.493 e. The van der Waals surface area contributed by atoms with E-state index in [4.69, 9.17) is 14.7 Å². The van der Waals surface area contributed by atoms with E-state index in [2.05, 4.69) is 6.07 Å². The molecular weight excluding hydrogens is 202 g/mol. The molecule has 0 amide bonds. The van der Waals surface area contributed by atoms with Gasteiger partial charge < -0.3 is 9.47 Å². The third-order valence-corrected chi connectivity index (χ3v) is 2.89. The number of methoxy groups -OCH3 is 1. The molecule has 1 aliphatic carbocycles. The zero-order valence-electron chi connectivity index (χ0n) is 9.40. The summed E-state index contributed by atoms with van der Waals surface area (Å²) in [4.78, 5) is 0. The third kappa shape index (κ3) is 2.27. The summed E-state index contributed by atoms with van der Waals surface area (Å²) >= 11 is 0. The molecule has 1 saturated carbocycles. The number of nitrogens with zero attached hydrogens (tertiary/aromatic N) is 1. The Balaban J connectivity index is 2.16. The van der Waals surface area contributed by atoms with Crippen LogP contribution in [0.3, 0.4) is 0 Å². The standard InChI is InChI=1S/C13H15NO2/c1-15-13-8-10(9-14)6-7-12(13)16-11-4-2-3-5-11/h6-8,11H,2-5H2,1H3. The monoisotopic (exact) mass is 217 g/mol. The van der Waals surface area contributed by atoms with Crippen LogP contribution in [0.15, 0.2) is 18.2 Å². The van der Waals surface area contributed by atoms with Crippen LogP contribution in [0.5, 0.6) is 11.5 Å². The Labute approximate surface area is 95.6 Å². The van der Waals surface area contributed by atoms with Crippen molar-refractivity contribution in [3.8, 4) is 17.6 Å². The Hall–Kier alpha value is -1.69. The summed E-state index contributed by atoms with van der Waals surface area (Å²) in [7, 11) is 1.60. The lowest BCUT2D eigenvalue weighted by Crippen LogP contribution is -2.11. The highest BCUT2D eigenvalue weighted by Crippen LogP contribution is 2.32. The smallest absolute Gasteiger partial charge is 0.162 e.